The molecule has 3 N–H and O–H groups in total. The third kappa shape index (κ3) is 5.87. The van der Waals surface area contributed by atoms with Crippen molar-refractivity contribution in [3.05, 3.63) is 89.0 Å². The van der Waals surface area contributed by atoms with Crippen LogP contribution in [0.2, 0.25) is 0 Å². The van der Waals surface area contributed by atoms with Crippen LogP contribution in [0, 0.1) is 0 Å². The Labute approximate surface area is 211 Å². The maximum absolute atomic E-state index is 13.8. The van der Waals surface area contributed by atoms with Crippen LogP contribution in [0.5, 0.6) is 11.5 Å². The molecule has 1 unspecified atom stereocenters. The minimum Gasteiger partial charge on any atom is -0.468 e. The normalized spacial score (nSPS) is 14.5. The van der Waals surface area contributed by atoms with Crippen molar-refractivity contribution < 1.29 is 32.2 Å². The highest BCUT2D eigenvalue weighted by molar-refractivity contribution is 6.34. The van der Waals surface area contributed by atoms with Crippen LogP contribution in [0.3, 0.4) is 0 Å². The molecule has 36 heavy (non-hydrogen) atoms. The Bertz CT molecular complexity index is 1310. The van der Waals surface area contributed by atoms with E-state index in [1.54, 1.807) is 36.4 Å². The van der Waals surface area contributed by atoms with E-state index in [0.717, 1.165) is 6.07 Å². The molecule has 0 radical (unpaired) electrons. The Morgan fingerprint density at radius 3 is 2.44 bits per heavy atom. The van der Waals surface area contributed by atoms with Gasteiger partial charge >= 0.3 is 12.1 Å². The summed E-state index contributed by atoms with van der Waals surface area (Å²) in [5.41, 5.74) is 7.18. The summed E-state index contributed by atoms with van der Waals surface area (Å²) >= 11 is 0. The second-order valence-electron chi connectivity index (χ2n) is 7.89. The van der Waals surface area contributed by atoms with Crippen LogP contribution in [0.4, 0.5) is 18.9 Å². The van der Waals surface area contributed by atoms with E-state index in [-0.39, 0.29) is 47.4 Å². The number of benzene rings is 3. The molecule has 3 aromatic carbocycles. The lowest BCUT2D eigenvalue weighted by atomic mass is 10.0. The van der Waals surface area contributed by atoms with Crippen molar-refractivity contribution in [1.82, 2.24) is 0 Å². The van der Waals surface area contributed by atoms with Gasteiger partial charge in [0.1, 0.15) is 17.5 Å². The van der Waals surface area contributed by atoms with Gasteiger partial charge in [-0.1, -0.05) is 36.4 Å². The number of fused-ring (bicyclic) bond motifs is 1. The van der Waals surface area contributed by atoms with Gasteiger partial charge < -0.3 is 20.5 Å². The molecule has 1 aliphatic heterocycles. The number of nitrogens with one attached hydrogen (secondary N) is 1. The quantitative estimate of drug-likeness (QED) is 0.334. The third-order valence-electron chi connectivity index (χ3n) is 5.44. The standard InChI is InChI=1S/C26H21F3N2O4.ClH/c1-34-25(33)21(30)14-15-6-9-17(10-7-15)35-23-11-8-16(13-20(23)26(27,28)29)12-19-18-4-2-3-5-22(18)31-24(19)32;/h2-13,21H,14,30H2,1H3,(H,31,32);1H. The molecule has 1 heterocycles. The van der Waals surface area contributed by atoms with E-state index in [1.807, 2.05) is 0 Å². The zero-order valence-corrected chi connectivity index (χ0v) is 19.8. The Morgan fingerprint density at radius 2 is 1.78 bits per heavy atom. The van der Waals surface area contributed by atoms with Crippen LogP contribution >= 0.6 is 12.4 Å². The first kappa shape index (κ1) is 26.8. The van der Waals surface area contributed by atoms with E-state index in [1.165, 1.54) is 37.5 Å². The van der Waals surface area contributed by atoms with Gasteiger partial charge in [0, 0.05) is 16.8 Å². The summed E-state index contributed by atoms with van der Waals surface area (Å²) in [6.45, 7) is 0. The summed E-state index contributed by atoms with van der Waals surface area (Å²) in [7, 11) is 1.24. The Morgan fingerprint density at radius 1 is 1.08 bits per heavy atom. The Kier molecular flexibility index (Phi) is 8.07. The topological polar surface area (TPSA) is 90.7 Å². The van der Waals surface area contributed by atoms with Crippen molar-refractivity contribution in [3.63, 3.8) is 0 Å². The molecule has 3 aromatic rings. The first-order valence-corrected chi connectivity index (χ1v) is 10.6. The zero-order valence-electron chi connectivity index (χ0n) is 19.0. The number of para-hydroxylation sites is 1. The average Bonchev–Trinajstić information content (AvgIpc) is 3.14. The van der Waals surface area contributed by atoms with Gasteiger partial charge in [-0.15, -0.1) is 12.4 Å². The predicted octanol–water partition coefficient (Wildman–Crippen LogP) is 5.46. The van der Waals surface area contributed by atoms with Crippen LogP contribution in [-0.2, 0) is 26.9 Å². The first-order chi connectivity index (χ1) is 16.7. The molecular weight excluding hydrogens is 497 g/mol. The minimum atomic E-state index is -4.69. The van der Waals surface area contributed by atoms with E-state index in [0.29, 0.717) is 16.8 Å². The highest BCUT2D eigenvalue weighted by Crippen LogP contribution is 2.40. The molecule has 0 saturated carbocycles. The van der Waals surface area contributed by atoms with Gasteiger partial charge in [0.25, 0.3) is 5.91 Å². The van der Waals surface area contributed by atoms with E-state index >= 15 is 0 Å². The number of nitrogens with two attached hydrogens (primary N) is 1. The molecular formula is C26H22ClF3N2O4. The first-order valence-electron chi connectivity index (χ1n) is 10.6. The fourth-order valence-electron chi connectivity index (χ4n) is 3.71. The number of hydrogen-bond acceptors (Lipinski definition) is 5. The summed E-state index contributed by atoms with van der Waals surface area (Å²) in [6.07, 6.45) is -3.06. The Hall–Kier alpha value is -3.82. The number of amides is 1. The zero-order chi connectivity index (χ0) is 25.2. The number of rotatable bonds is 6. The van der Waals surface area contributed by atoms with E-state index in [2.05, 4.69) is 10.1 Å². The van der Waals surface area contributed by atoms with Gasteiger partial charge in [-0.05, 0) is 54.0 Å². The lowest BCUT2D eigenvalue weighted by Gasteiger charge is -2.15. The van der Waals surface area contributed by atoms with Crippen molar-refractivity contribution in [2.24, 2.45) is 5.73 Å². The summed E-state index contributed by atoms with van der Waals surface area (Å²) < 4.78 is 51.6. The highest BCUT2D eigenvalue weighted by atomic mass is 35.5. The summed E-state index contributed by atoms with van der Waals surface area (Å²) in [4.78, 5) is 23.8. The molecule has 1 amide bonds. The number of ether oxygens (including phenoxy) is 2. The van der Waals surface area contributed by atoms with Crippen molar-refractivity contribution in [2.75, 3.05) is 12.4 Å². The molecule has 1 atom stereocenters. The number of alkyl halides is 3. The van der Waals surface area contributed by atoms with Crippen molar-refractivity contribution in [2.45, 2.75) is 18.6 Å². The van der Waals surface area contributed by atoms with Crippen LogP contribution in [-0.4, -0.2) is 25.0 Å². The molecule has 1 aliphatic rings. The van der Waals surface area contributed by atoms with Crippen molar-refractivity contribution in [3.8, 4) is 11.5 Å². The maximum atomic E-state index is 13.8. The highest BCUT2D eigenvalue weighted by Gasteiger charge is 2.35. The summed E-state index contributed by atoms with van der Waals surface area (Å²) in [5.74, 6) is -1.14. The molecule has 0 aromatic heterocycles. The molecule has 0 spiro atoms. The largest absolute Gasteiger partial charge is 0.468 e. The van der Waals surface area contributed by atoms with Crippen LogP contribution in [0.25, 0.3) is 11.6 Å². The SMILES string of the molecule is COC(=O)C(N)Cc1ccc(Oc2ccc(C=C3C(=O)Nc4ccccc43)cc2C(F)(F)F)cc1.Cl. The van der Waals surface area contributed by atoms with Gasteiger partial charge in [-0.25, -0.2) is 0 Å². The maximum Gasteiger partial charge on any atom is 0.420 e. The van der Waals surface area contributed by atoms with Gasteiger partial charge in [0.15, 0.2) is 0 Å². The number of carbonyl (C=O) groups excluding carboxylic acids is 2. The van der Waals surface area contributed by atoms with Crippen molar-refractivity contribution >= 4 is 41.6 Å². The number of hydrogen-bond donors (Lipinski definition) is 2. The Balaban J connectivity index is 0.00000361. The summed E-state index contributed by atoms with van der Waals surface area (Å²) in [5, 5.41) is 2.69. The fourth-order valence-corrected chi connectivity index (χ4v) is 3.71. The molecule has 0 aliphatic carbocycles. The van der Waals surface area contributed by atoms with Crippen LogP contribution < -0.4 is 15.8 Å². The predicted molar refractivity (Wildman–Crippen MR) is 132 cm³/mol. The van der Waals surface area contributed by atoms with Gasteiger partial charge in [0.05, 0.1) is 12.7 Å². The molecule has 6 nitrogen and oxygen atoms in total. The number of carbonyl (C=O) groups is 2. The third-order valence-corrected chi connectivity index (χ3v) is 5.44. The lowest BCUT2D eigenvalue weighted by Crippen LogP contribution is -2.33. The van der Waals surface area contributed by atoms with E-state index < -0.39 is 23.8 Å². The van der Waals surface area contributed by atoms with Crippen LogP contribution in [0.1, 0.15) is 22.3 Å². The number of esters is 1. The van der Waals surface area contributed by atoms with Crippen molar-refractivity contribution in [1.29, 1.82) is 0 Å². The molecule has 0 saturated heterocycles. The second kappa shape index (κ2) is 10.8. The van der Waals surface area contributed by atoms with Gasteiger partial charge in [0.2, 0.25) is 0 Å². The summed E-state index contributed by atoms with van der Waals surface area (Å²) in [6, 6.07) is 15.9. The molecule has 4 rings (SSSR count). The number of halogens is 4. The lowest BCUT2D eigenvalue weighted by molar-refractivity contribution is -0.142. The molecule has 10 heteroatoms. The minimum absolute atomic E-state index is 0. The van der Waals surface area contributed by atoms with E-state index in [9.17, 15) is 22.8 Å². The smallest absolute Gasteiger partial charge is 0.420 e. The van der Waals surface area contributed by atoms with Gasteiger partial charge in [-0.3, -0.25) is 9.59 Å². The van der Waals surface area contributed by atoms with Gasteiger partial charge in [-0.2, -0.15) is 13.2 Å². The number of methoxy groups -OCH3 is 1. The average molecular weight is 519 g/mol. The van der Waals surface area contributed by atoms with E-state index in [4.69, 9.17) is 10.5 Å². The molecule has 0 bridgehead atoms. The molecule has 0 fully saturated rings. The van der Waals surface area contributed by atoms with Crippen LogP contribution in [0.15, 0.2) is 66.7 Å². The second-order valence-corrected chi connectivity index (χ2v) is 7.89. The monoisotopic (exact) mass is 518 g/mol. The molecule has 188 valence electrons. The number of anilines is 1. The fraction of sp³-hybridized carbons (Fsp3) is 0.154.